The SMILES string of the molecule is CCOC(=O)CC(O)C(O)c1cc(F)cc(C(=O)O)c1N. The molecule has 0 amide bonds. The van der Waals surface area contributed by atoms with E-state index >= 15 is 0 Å². The van der Waals surface area contributed by atoms with Crippen LogP contribution in [0.3, 0.4) is 0 Å². The Labute approximate surface area is 119 Å². The normalized spacial score (nSPS) is 13.5. The van der Waals surface area contributed by atoms with Crippen LogP contribution in [-0.4, -0.2) is 40.0 Å². The van der Waals surface area contributed by atoms with Crippen molar-refractivity contribution >= 4 is 17.6 Å². The molecule has 0 aliphatic rings. The van der Waals surface area contributed by atoms with Gasteiger partial charge in [0.25, 0.3) is 0 Å². The number of carboxylic acids is 1. The van der Waals surface area contributed by atoms with Crippen LogP contribution >= 0.6 is 0 Å². The van der Waals surface area contributed by atoms with E-state index in [9.17, 15) is 24.2 Å². The van der Waals surface area contributed by atoms with Gasteiger partial charge in [0, 0.05) is 5.56 Å². The summed E-state index contributed by atoms with van der Waals surface area (Å²) in [6.07, 6.45) is -3.86. The highest BCUT2D eigenvalue weighted by atomic mass is 19.1. The number of carboxylic acid groups (broad SMARTS) is 1. The molecule has 0 radical (unpaired) electrons. The second kappa shape index (κ2) is 7.00. The van der Waals surface area contributed by atoms with Crippen molar-refractivity contribution in [3.05, 3.63) is 29.1 Å². The minimum absolute atomic E-state index is 0.104. The maximum atomic E-state index is 13.4. The van der Waals surface area contributed by atoms with Crippen LogP contribution in [0.1, 0.15) is 35.4 Å². The molecule has 0 spiro atoms. The van der Waals surface area contributed by atoms with Crippen LogP contribution in [0.2, 0.25) is 0 Å². The number of aliphatic hydroxyl groups excluding tert-OH is 2. The molecule has 1 aromatic carbocycles. The van der Waals surface area contributed by atoms with Crippen LogP contribution in [0.25, 0.3) is 0 Å². The zero-order chi connectivity index (χ0) is 16.2. The number of hydrogen-bond donors (Lipinski definition) is 4. The first-order valence-corrected chi connectivity index (χ1v) is 6.11. The van der Waals surface area contributed by atoms with Gasteiger partial charge in [0.2, 0.25) is 0 Å². The number of esters is 1. The fourth-order valence-electron chi connectivity index (χ4n) is 1.77. The van der Waals surface area contributed by atoms with E-state index in [2.05, 4.69) is 4.74 Å². The van der Waals surface area contributed by atoms with Crippen LogP contribution in [-0.2, 0) is 9.53 Å². The van der Waals surface area contributed by atoms with Gasteiger partial charge in [0.1, 0.15) is 11.9 Å². The van der Waals surface area contributed by atoms with E-state index in [1.807, 2.05) is 0 Å². The number of aromatic carboxylic acids is 1. The van der Waals surface area contributed by atoms with Gasteiger partial charge in [-0.3, -0.25) is 4.79 Å². The lowest BCUT2D eigenvalue weighted by Gasteiger charge is -2.20. The number of hydrogen-bond acceptors (Lipinski definition) is 6. The van der Waals surface area contributed by atoms with Gasteiger partial charge in [-0.25, -0.2) is 9.18 Å². The minimum Gasteiger partial charge on any atom is -0.478 e. The first-order chi connectivity index (χ1) is 9.77. The number of halogens is 1. The number of aliphatic hydroxyl groups is 2. The molecule has 116 valence electrons. The Morgan fingerprint density at radius 1 is 1.38 bits per heavy atom. The molecule has 0 aromatic heterocycles. The van der Waals surface area contributed by atoms with E-state index in [1.54, 1.807) is 6.92 Å². The number of nitrogens with two attached hydrogens (primary N) is 1. The molecule has 2 unspecified atom stereocenters. The zero-order valence-corrected chi connectivity index (χ0v) is 11.2. The molecule has 8 heteroatoms. The van der Waals surface area contributed by atoms with Gasteiger partial charge in [0.05, 0.1) is 30.4 Å². The van der Waals surface area contributed by atoms with E-state index in [0.717, 1.165) is 6.07 Å². The molecular formula is C13H16FNO6. The fourth-order valence-corrected chi connectivity index (χ4v) is 1.77. The first-order valence-electron chi connectivity index (χ1n) is 6.11. The van der Waals surface area contributed by atoms with Crippen molar-refractivity contribution in [2.75, 3.05) is 12.3 Å². The van der Waals surface area contributed by atoms with E-state index in [1.165, 1.54) is 0 Å². The van der Waals surface area contributed by atoms with E-state index in [4.69, 9.17) is 10.8 Å². The lowest BCUT2D eigenvalue weighted by Crippen LogP contribution is -2.24. The molecule has 0 fully saturated rings. The summed E-state index contributed by atoms with van der Waals surface area (Å²) in [4.78, 5) is 22.1. The molecule has 0 aliphatic heterocycles. The Kier molecular flexibility index (Phi) is 5.62. The summed E-state index contributed by atoms with van der Waals surface area (Å²) in [6.45, 7) is 1.68. The van der Waals surface area contributed by atoms with Crippen molar-refractivity contribution in [1.29, 1.82) is 0 Å². The highest BCUT2D eigenvalue weighted by Gasteiger charge is 2.26. The maximum Gasteiger partial charge on any atom is 0.337 e. The summed E-state index contributed by atoms with van der Waals surface area (Å²) in [7, 11) is 0. The van der Waals surface area contributed by atoms with E-state index in [-0.39, 0.29) is 17.9 Å². The molecule has 21 heavy (non-hydrogen) atoms. The van der Waals surface area contributed by atoms with Gasteiger partial charge in [-0.15, -0.1) is 0 Å². The third-order valence-electron chi connectivity index (χ3n) is 2.77. The second-order valence-electron chi connectivity index (χ2n) is 4.28. The number of benzene rings is 1. The smallest absolute Gasteiger partial charge is 0.337 e. The fraction of sp³-hybridized carbons (Fsp3) is 0.385. The molecule has 1 aromatic rings. The number of anilines is 1. The molecule has 2 atom stereocenters. The second-order valence-corrected chi connectivity index (χ2v) is 4.28. The van der Waals surface area contributed by atoms with Gasteiger partial charge < -0.3 is 25.8 Å². The number of ether oxygens (including phenoxy) is 1. The monoisotopic (exact) mass is 301 g/mol. The van der Waals surface area contributed by atoms with Gasteiger partial charge >= 0.3 is 11.9 Å². The third-order valence-corrected chi connectivity index (χ3v) is 2.77. The Balaban J connectivity index is 3.04. The lowest BCUT2D eigenvalue weighted by atomic mass is 9.97. The summed E-state index contributed by atoms with van der Waals surface area (Å²) in [6, 6.07) is 1.51. The molecular weight excluding hydrogens is 285 g/mol. The highest BCUT2D eigenvalue weighted by molar-refractivity contribution is 5.94. The van der Waals surface area contributed by atoms with Gasteiger partial charge in [-0.2, -0.15) is 0 Å². The third kappa shape index (κ3) is 4.14. The average Bonchev–Trinajstić information content (AvgIpc) is 2.40. The molecule has 0 aliphatic carbocycles. The quantitative estimate of drug-likeness (QED) is 0.443. The van der Waals surface area contributed by atoms with Crippen molar-refractivity contribution in [2.45, 2.75) is 25.6 Å². The molecule has 7 nitrogen and oxygen atoms in total. The van der Waals surface area contributed by atoms with Crippen LogP contribution < -0.4 is 5.73 Å². The van der Waals surface area contributed by atoms with Crippen molar-refractivity contribution in [3.8, 4) is 0 Å². The van der Waals surface area contributed by atoms with Gasteiger partial charge in [0.15, 0.2) is 0 Å². The average molecular weight is 301 g/mol. The van der Waals surface area contributed by atoms with Crippen LogP contribution in [0, 0.1) is 5.82 Å². The number of rotatable bonds is 6. The summed E-state index contributed by atoms with van der Waals surface area (Å²) in [5, 5.41) is 28.5. The zero-order valence-electron chi connectivity index (χ0n) is 11.2. The summed E-state index contributed by atoms with van der Waals surface area (Å²) in [5.74, 6) is -3.16. The van der Waals surface area contributed by atoms with Crippen molar-refractivity contribution in [1.82, 2.24) is 0 Å². The van der Waals surface area contributed by atoms with Crippen molar-refractivity contribution < 1.29 is 34.0 Å². The maximum absolute atomic E-state index is 13.4. The Hall–Kier alpha value is -2.19. The number of nitrogen functional groups attached to an aromatic ring is 1. The minimum atomic E-state index is -1.72. The molecule has 0 heterocycles. The predicted octanol–water partition coefficient (Wildman–Crippen LogP) is 0.454. The number of carbonyl (C=O) groups excluding carboxylic acids is 1. The summed E-state index contributed by atoms with van der Waals surface area (Å²) >= 11 is 0. The first kappa shape index (κ1) is 16.9. The Morgan fingerprint density at radius 2 is 2.00 bits per heavy atom. The van der Waals surface area contributed by atoms with Crippen LogP contribution in [0.4, 0.5) is 10.1 Å². The molecule has 0 saturated carbocycles. The van der Waals surface area contributed by atoms with Gasteiger partial charge in [-0.05, 0) is 19.1 Å². The van der Waals surface area contributed by atoms with E-state index in [0.29, 0.717) is 6.07 Å². The predicted molar refractivity (Wildman–Crippen MR) is 70.0 cm³/mol. The van der Waals surface area contributed by atoms with Crippen LogP contribution in [0.15, 0.2) is 12.1 Å². The lowest BCUT2D eigenvalue weighted by molar-refractivity contribution is -0.147. The molecule has 5 N–H and O–H groups in total. The molecule has 0 saturated heterocycles. The molecule has 0 bridgehead atoms. The van der Waals surface area contributed by atoms with Gasteiger partial charge in [-0.1, -0.05) is 0 Å². The highest BCUT2D eigenvalue weighted by Crippen LogP contribution is 2.28. The van der Waals surface area contributed by atoms with Crippen molar-refractivity contribution in [3.63, 3.8) is 0 Å². The summed E-state index contributed by atoms with van der Waals surface area (Å²) < 4.78 is 18.0. The topological polar surface area (TPSA) is 130 Å². The van der Waals surface area contributed by atoms with Crippen LogP contribution in [0.5, 0.6) is 0 Å². The standard InChI is InChI=1S/C13H16FNO6/c1-2-21-10(17)5-9(16)12(18)7-3-6(14)4-8(11(7)15)13(19)20/h3-4,9,12,16,18H,2,5,15H2,1H3,(H,19,20). The Bertz CT molecular complexity index is 548. The Morgan fingerprint density at radius 3 is 2.52 bits per heavy atom. The molecule has 1 rings (SSSR count). The van der Waals surface area contributed by atoms with E-state index < -0.39 is 41.9 Å². The largest absolute Gasteiger partial charge is 0.478 e. The summed E-state index contributed by atoms with van der Waals surface area (Å²) in [5.41, 5.74) is 4.33. The number of carbonyl (C=O) groups is 2. The van der Waals surface area contributed by atoms with Crippen molar-refractivity contribution in [2.24, 2.45) is 0 Å².